The lowest BCUT2D eigenvalue weighted by molar-refractivity contribution is -0.122. The van der Waals surface area contributed by atoms with Crippen LogP contribution in [0.1, 0.15) is 39.0 Å². The van der Waals surface area contributed by atoms with Gasteiger partial charge in [0.05, 0.1) is 11.8 Å². The lowest BCUT2D eigenvalue weighted by Crippen LogP contribution is -2.35. The largest absolute Gasteiger partial charge is 0.310 e. The molecule has 4 nitrogen and oxygen atoms in total. The Bertz CT molecular complexity index is 351. The molecule has 0 aliphatic heterocycles. The van der Waals surface area contributed by atoms with Crippen molar-refractivity contribution in [2.75, 3.05) is 19.3 Å². The van der Waals surface area contributed by atoms with E-state index in [0.717, 1.165) is 25.8 Å². The molecule has 1 N–H and O–H groups in total. The van der Waals surface area contributed by atoms with E-state index in [1.165, 1.54) is 6.26 Å². The number of carbonyl (C=O) groups is 1. The van der Waals surface area contributed by atoms with Crippen LogP contribution in [-0.2, 0) is 14.6 Å². The predicted molar refractivity (Wildman–Crippen MR) is 68.8 cm³/mol. The standard InChI is InChI=1S/C12H23NO3S/c1-3-7-13-9-12(14)10-5-4-6-11(8-10)17(2,15)16/h10-11,13H,3-9H2,1-2H3. The van der Waals surface area contributed by atoms with Gasteiger partial charge in [-0.3, -0.25) is 4.79 Å². The van der Waals surface area contributed by atoms with Gasteiger partial charge in [-0.2, -0.15) is 0 Å². The molecule has 0 radical (unpaired) electrons. The smallest absolute Gasteiger partial charge is 0.150 e. The molecule has 0 heterocycles. The number of ketones is 1. The van der Waals surface area contributed by atoms with E-state index in [4.69, 9.17) is 0 Å². The third-order valence-electron chi connectivity index (χ3n) is 3.41. The van der Waals surface area contributed by atoms with Gasteiger partial charge in [0, 0.05) is 12.2 Å². The fourth-order valence-corrected chi connectivity index (χ4v) is 3.54. The molecule has 17 heavy (non-hydrogen) atoms. The number of sulfone groups is 1. The highest BCUT2D eigenvalue weighted by molar-refractivity contribution is 7.91. The second-order valence-electron chi connectivity index (χ2n) is 4.96. The third-order valence-corrected chi connectivity index (χ3v) is 5.05. The van der Waals surface area contributed by atoms with E-state index in [0.29, 0.717) is 19.4 Å². The molecule has 0 saturated heterocycles. The Hall–Kier alpha value is -0.420. The van der Waals surface area contributed by atoms with Crippen molar-refractivity contribution >= 4 is 15.6 Å². The first kappa shape index (κ1) is 14.6. The summed E-state index contributed by atoms with van der Waals surface area (Å²) < 4.78 is 23.0. The number of nitrogens with one attached hydrogen (secondary N) is 1. The first-order valence-corrected chi connectivity index (χ1v) is 8.33. The van der Waals surface area contributed by atoms with E-state index >= 15 is 0 Å². The molecular weight excluding hydrogens is 238 g/mol. The Labute approximate surface area is 104 Å². The quantitative estimate of drug-likeness (QED) is 0.729. The van der Waals surface area contributed by atoms with Crippen molar-refractivity contribution < 1.29 is 13.2 Å². The summed E-state index contributed by atoms with van der Waals surface area (Å²) in [6, 6.07) is 0. The van der Waals surface area contributed by atoms with E-state index in [1.807, 2.05) is 0 Å². The van der Waals surface area contributed by atoms with Crippen LogP contribution in [0.5, 0.6) is 0 Å². The topological polar surface area (TPSA) is 63.2 Å². The summed E-state index contributed by atoms with van der Waals surface area (Å²) in [5, 5.41) is 2.78. The van der Waals surface area contributed by atoms with Gasteiger partial charge >= 0.3 is 0 Å². The van der Waals surface area contributed by atoms with Crippen LogP contribution < -0.4 is 5.32 Å². The third kappa shape index (κ3) is 4.76. The molecule has 100 valence electrons. The minimum atomic E-state index is -2.99. The summed E-state index contributed by atoms with van der Waals surface area (Å²) in [4.78, 5) is 11.9. The van der Waals surface area contributed by atoms with Crippen molar-refractivity contribution in [3.8, 4) is 0 Å². The maximum atomic E-state index is 11.9. The molecule has 2 atom stereocenters. The van der Waals surface area contributed by atoms with Gasteiger partial charge in [0.25, 0.3) is 0 Å². The summed E-state index contributed by atoms with van der Waals surface area (Å²) in [6.45, 7) is 3.28. The zero-order valence-electron chi connectivity index (χ0n) is 10.7. The van der Waals surface area contributed by atoms with Gasteiger partial charge in [0.15, 0.2) is 0 Å². The average molecular weight is 261 g/mol. The van der Waals surface area contributed by atoms with Crippen LogP contribution in [0.25, 0.3) is 0 Å². The number of hydrogen-bond acceptors (Lipinski definition) is 4. The summed E-state index contributed by atoms with van der Waals surface area (Å²) in [6.07, 6.45) is 5.21. The lowest BCUT2D eigenvalue weighted by Gasteiger charge is -2.27. The monoisotopic (exact) mass is 261 g/mol. The molecule has 2 unspecified atom stereocenters. The Morgan fingerprint density at radius 2 is 2.06 bits per heavy atom. The van der Waals surface area contributed by atoms with Crippen molar-refractivity contribution in [2.45, 2.75) is 44.3 Å². The van der Waals surface area contributed by atoms with Crippen LogP contribution in [0.15, 0.2) is 0 Å². The Morgan fingerprint density at radius 3 is 2.65 bits per heavy atom. The zero-order chi connectivity index (χ0) is 12.9. The summed E-state index contributed by atoms with van der Waals surface area (Å²) >= 11 is 0. The SMILES string of the molecule is CCCNCC(=O)C1CCCC(S(C)(=O)=O)C1. The van der Waals surface area contributed by atoms with Crippen LogP contribution in [0.2, 0.25) is 0 Å². The van der Waals surface area contributed by atoms with E-state index < -0.39 is 9.84 Å². The van der Waals surface area contributed by atoms with Gasteiger partial charge in [-0.05, 0) is 32.2 Å². The second kappa shape index (κ2) is 6.50. The number of hydrogen-bond donors (Lipinski definition) is 1. The van der Waals surface area contributed by atoms with Crippen molar-refractivity contribution in [2.24, 2.45) is 5.92 Å². The van der Waals surface area contributed by atoms with Crippen molar-refractivity contribution in [3.05, 3.63) is 0 Å². The number of rotatable bonds is 6. The zero-order valence-corrected chi connectivity index (χ0v) is 11.6. The van der Waals surface area contributed by atoms with Gasteiger partial charge in [-0.15, -0.1) is 0 Å². The van der Waals surface area contributed by atoms with Crippen molar-refractivity contribution in [1.82, 2.24) is 5.32 Å². The molecule has 1 saturated carbocycles. The van der Waals surface area contributed by atoms with E-state index in [1.54, 1.807) is 0 Å². The molecule has 0 aromatic carbocycles. The molecule has 5 heteroatoms. The summed E-state index contributed by atoms with van der Waals surface area (Å²) in [5.41, 5.74) is 0. The highest BCUT2D eigenvalue weighted by Crippen LogP contribution is 2.28. The van der Waals surface area contributed by atoms with Gasteiger partial charge in [0.2, 0.25) is 0 Å². The molecule has 0 aromatic rings. The van der Waals surface area contributed by atoms with Crippen LogP contribution in [0, 0.1) is 5.92 Å². The van der Waals surface area contributed by atoms with Crippen molar-refractivity contribution in [1.29, 1.82) is 0 Å². The fraction of sp³-hybridized carbons (Fsp3) is 0.917. The molecule has 1 rings (SSSR count). The molecule has 0 amide bonds. The van der Waals surface area contributed by atoms with E-state index in [2.05, 4.69) is 12.2 Å². The Morgan fingerprint density at radius 1 is 1.35 bits per heavy atom. The van der Waals surface area contributed by atoms with Crippen molar-refractivity contribution in [3.63, 3.8) is 0 Å². The maximum absolute atomic E-state index is 11.9. The van der Waals surface area contributed by atoms with Crippen LogP contribution in [-0.4, -0.2) is 38.8 Å². The first-order chi connectivity index (χ1) is 7.95. The molecule has 1 aliphatic rings. The normalized spacial score (nSPS) is 25.8. The Kier molecular flexibility index (Phi) is 5.59. The van der Waals surface area contributed by atoms with E-state index in [-0.39, 0.29) is 17.0 Å². The van der Waals surface area contributed by atoms with Crippen LogP contribution in [0.4, 0.5) is 0 Å². The first-order valence-electron chi connectivity index (χ1n) is 6.37. The molecule has 1 fully saturated rings. The van der Waals surface area contributed by atoms with Crippen LogP contribution >= 0.6 is 0 Å². The van der Waals surface area contributed by atoms with Gasteiger partial charge in [-0.25, -0.2) is 8.42 Å². The summed E-state index contributed by atoms with van der Waals surface area (Å²) in [5.74, 6) is 0.111. The maximum Gasteiger partial charge on any atom is 0.150 e. The van der Waals surface area contributed by atoms with E-state index in [9.17, 15) is 13.2 Å². The van der Waals surface area contributed by atoms with Gasteiger partial charge in [0.1, 0.15) is 15.6 Å². The summed E-state index contributed by atoms with van der Waals surface area (Å²) in [7, 11) is -2.99. The number of carbonyl (C=O) groups excluding carboxylic acids is 1. The molecule has 0 bridgehead atoms. The average Bonchev–Trinajstić information content (AvgIpc) is 2.28. The second-order valence-corrected chi connectivity index (χ2v) is 7.28. The van der Waals surface area contributed by atoms with Gasteiger partial charge in [-0.1, -0.05) is 13.3 Å². The number of Topliss-reactive ketones (excluding diaryl/α,β-unsaturated/α-hetero) is 1. The molecule has 1 aliphatic carbocycles. The lowest BCUT2D eigenvalue weighted by atomic mass is 9.86. The molecule has 0 spiro atoms. The minimum Gasteiger partial charge on any atom is -0.310 e. The highest BCUT2D eigenvalue weighted by atomic mass is 32.2. The minimum absolute atomic E-state index is 0.0622. The predicted octanol–water partition coefficient (Wildman–Crippen LogP) is 1.16. The van der Waals surface area contributed by atoms with Crippen LogP contribution in [0.3, 0.4) is 0 Å². The van der Waals surface area contributed by atoms with Gasteiger partial charge < -0.3 is 5.32 Å². The highest BCUT2D eigenvalue weighted by Gasteiger charge is 2.31. The Balaban J connectivity index is 2.46. The molecule has 0 aromatic heterocycles. The molecular formula is C12H23NO3S. The fourth-order valence-electron chi connectivity index (χ4n) is 2.36.